The van der Waals surface area contributed by atoms with Crippen LogP contribution in [0.4, 0.5) is 10.8 Å². The summed E-state index contributed by atoms with van der Waals surface area (Å²) in [6.07, 6.45) is 2.46. The summed E-state index contributed by atoms with van der Waals surface area (Å²) in [7, 11) is -3.34. The van der Waals surface area contributed by atoms with E-state index >= 15 is 0 Å². The first-order valence-electron chi connectivity index (χ1n) is 5.50. The smallest absolute Gasteiger partial charge is 0.230 e. The maximum absolute atomic E-state index is 11.7. The van der Waals surface area contributed by atoms with Crippen molar-refractivity contribution in [3.8, 4) is 0 Å². The van der Waals surface area contributed by atoms with Crippen molar-refractivity contribution in [2.75, 3.05) is 17.3 Å². The number of nitrogens with one attached hydrogen (secondary N) is 1. The van der Waals surface area contributed by atoms with E-state index in [4.69, 9.17) is 5.73 Å². The van der Waals surface area contributed by atoms with Crippen molar-refractivity contribution >= 4 is 37.9 Å². The molecule has 0 fully saturated rings. The number of nitrogens with zero attached hydrogens (tertiary/aromatic N) is 2. The lowest BCUT2D eigenvalue weighted by Crippen LogP contribution is -2.15. The molecule has 106 valence electrons. The lowest BCUT2D eigenvalue weighted by atomic mass is 10.3. The molecule has 0 spiro atoms. The van der Waals surface area contributed by atoms with E-state index in [9.17, 15) is 13.2 Å². The molecule has 0 aliphatic rings. The number of aromatic nitrogens is 2. The quantitative estimate of drug-likeness (QED) is 0.859. The molecule has 2 heterocycles. The first-order valence-corrected chi connectivity index (χ1v) is 8.27. The minimum Gasteiger partial charge on any atom is -0.375 e. The van der Waals surface area contributed by atoms with Gasteiger partial charge in [0, 0.05) is 11.6 Å². The van der Waals surface area contributed by atoms with E-state index in [-0.39, 0.29) is 17.4 Å². The van der Waals surface area contributed by atoms with E-state index in [0.717, 1.165) is 6.26 Å². The van der Waals surface area contributed by atoms with Crippen molar-refractivity contribution in [3.63, 3.8) is 0 Å². The van der Waals surface area contributed by atoms with Crippen molar-refractivity contribution < 1.29 is 13.2 Å². The van der Waals surface area contributed by atoms with Gasteiger partial charge in [-0.15, -0.1) is 11.3 Å². The molecule has 0 aromatic carbocycles. The average Bonchev–Trinajstić information content (AvgIpc) is 2.74. The van der Waals surface area contributed by atoms with Gasteiger partial charge < -0.3 is 11.1 Å². The summed E-state index contributed by atoms with van der Waals surface area (Å²) >= 11 is 1.27. The molecular formula is C11H12N4O3S2. The van der Waals surface area contributed by atoms with Gasteiger partial charge in [-0.25, -0.2) is 18.4 Å². The largest absolute Gasteiger partial charge is 0.375 e. The van der Waals surface area contributed by atoms with Crippen molar-refractivity contribution in [3.05, 3.63) is 29.4 Å². The number of carbonyl (C=O) groups excluding carboxylic acids is 1. The minimum atomic E-state index is -3.34. The van der Waals surface area contributed by atoms with Gasteiger partial charge in [-0.3, -0.25) is 4.79 Å². The molecule has 0 aliphatic heterocycles. The zero-order chi connectivity index (χ0) is 14.8. The number of anilines is 2. The van der Waals surface area contributed by atoms with Gasteiger partial charge in [0.05, 0.1) is 24.0 Å². The SMILES string of the molecule is CS(=O)(=O)c1ccc(NC(=O)Cc2csc(N)n2)cn1. The van der Waals surface area contributed by atoms with Crippen LogP contribution in [0.1, 0.15) is 5.69 Å². The number of thiazole rings is 1. The third kappa shape index (κ3) is 3.75. The lowest BCUT2D eigenvalue weighted by molar-refractivity contribution is -0.115. The number of carbonyl (C=O) groups is 1. The Kier molecular flexibility index (Phi) is 4.00. The van der Waals surface area contributed by atoms with Crippen LogP contribution in [-0.2, 0) is 21.1 Å². The van der Waals surface area contributed by atoms with Crippen LogP contribution in [0.2, 0.25) is 0 Å². The van der Waals surface area contributed by atoms with Gasteiger partial charge in [-0.2, -0.15) is 0 Å². The molecule has 0 bridgehead atoms. The number of hydrogen-bond acceptors (Lipinski definition) is 7. The number of hydrogen-bond donors (Lipinski definition) is 2. The van der Waals surface area contributed by atoms with Gasteiger partial charge in [0.1, 0.15) is 0 Å². The van der Waals surface area contributed by atoms with Gasteiger partial charge in [0.15, 0.2) is 20.0 Å². The van der Waals surface area contributed by atoms with Crippen molar-refractivity contribution in [1.29, 1.82) is 0 Å². The average molecular weight is 312 g/mol. The molecule has 0 aliphatic carbocycles. The summed E-state index contributed by atoms with van der Waals surface area (Å²) in [5, 5.41) is 4.68. The van der Waals surface area contributed by atoms with Gasteiger partial charge >= 0.3 is 0 Å². The summed E-state index contributed by atoms with van der Waals surface area (Å²) in [5.41, 5.74) is 6.48. The molecule has 0 saturated carbocycles. The third-order valence-corrected chi connectivity index (χ3v) is 4.04. The van der Waals surface area contributed by atoms with Crippen LogP contribution >= 0.6 is 11.3 Å². The predicted molar refractivity (Wildman–Crippen MR) is 76.2 cm³/mol. The fourth-order valence-corrected chi connectivity index (χ4v) is 2.57. The summed E-state index contributed by atoms with van der Waals surface area (Å²) in [5.74, 6) is -0.274. The van der Waals surface area contributed by atoms with Crippen LogP contribution in [0.5, 0.6) is 0 Å². The number of nitrogen functional groups attached to an aromatic ring is 1. The highest BCUT2D eigenvalue weighted by atomic mass is 32.2. The minimum absolute atomic E-state index is 0.0391. The monoisotopic (exact) mass is 312 g/mol. The van der Waals surface area contributed by atoms with Gasteiger partial charge in [0.2, 0.25) is 5.91 Å². The van der Waals surface area contributed by atoms with Crippen molar-refractivity contribution in [1.82, 2.24) is 9.97 Å². The summed E-state index contributed by atoms with van der Waals surface area (Å²) in [4.78, 5) is 19.5. The molecule has 1 amide bonds. The van der Waals surface area contributed by atoms with Crippen molar-refractivity contribution in [2.45, 2.75) is 11.4 Å². The molecular weight excluding hydrogens is 300 g/mol. The topological polar surface area (TPSA) is 115 Å². The van der Waals surface area contributed by atoms with Gasteiger partial charge in [-0.1, -0.05) is 0 Å². The number of amides is 1. The van der Waals surface area contributed by atoms with Gasteiger partial charge in [-0.05, 0) is 12.1 Å². The molecule has 3 N–H and O–H groups in total. The van der Waals surface area contributed by atoms with Crippen LogP contribution in [0, 0.1) is 0 Å². The first kappa shape index (κ1) is 14.4. The van der Waals surface area contributed by atoms with E-state index in [1.54, 1.807) is 5.38 Å². The van der Waals surface area contributed by atoms with E-state index < -0.39 is 9.84 Å². The second-order valence-corrected chi connectivity index (χ2v) is 6.91. The number of rotatable bonds is 4. The van der Waals surface area contributed by atoms with Crippen LogP contribution < -0.4 is 11.1 Å². The van der Waals surface area contributed by atoms with E-state index in [1.807, 2.05) is 0 Å². The van der Waals surface area contributed by atoms with E-state index in [1.165, 1.54) is 29.7 Å². The third-order valence-electron chi connectivity index (χ3n) is 2.31. The van der Waals surface area contributed by atoms with Crippen LogP contribution in [0.15, 0.2) is 28.7 Å². The Bertz CT molecular complexity index is 722. The fourth-order valence-electron chi connectivity index (χ4n) is 1.45. The molecule has 20 heavy (non-hydrogen) atoms. The zero-order valence-corrected chi connectivity index (χ0v) is 12.2. The highest BCUT2D eigenvalue weighted by Gasteiger charge is 2.10. The Morgan fingerprint density at radius 3 is 2.70 bits per heavy atom. The first-order chi connectivity index (χ1) is 9.34. The molecule has 0 atom stereocenters. The Morgan fingerprint density at radius 2 is 2.20 bits per heavy atom. The maximum atomic E-state index is 11.7. The van der Waals surface area contributed by atoms with E-state index in [0.29, 0.717) is 16.5 Å². The molecule has 0 unspecified atom stereocenters. The molecule has 7 nitrogen and oxygen atoms in total. The summed E-state index contributed by atoms with van der Waals surface area (Å²) < 4.78 is 22.5. The zero-order valence-electron chi connectivity index (χ0n) is 10.5. The van der Waals surface area contributed by atoms with Crippen molar-refractivity contribution in [2.24, 2.45) is 0 Å². The van der Waals surface area contributed by atoms with Crippen LogP contribution in [0.25, 0.3) is 0 Å². The second kappa shape index (κ2) is 5.55. The van der Waals surface area contributed by atoms with Gasteiger partial charge in [0.25, 0.3) is 0 Å². The number of sulfone groups is 1. The molecule has 0 saturated heterocycles. The Labute approximate surface area is 119 Å². The standard InChI is InChI=1S/C11H12N4O3S2/c1-20(17,18)10-3-2-7(5-13-10)14-9(16)4-8-6-19-11(12)15-8/h2-3,5-6H,4H2,1H3,(H2,12,15)(H,14,16). The molecule has 2 aromatic rings. The molecule has 2 rings (SSSR count). The van der Waals surface area contributed by atoms with E-state index in [2.05, 4.69) is 15.3 Å². The van der Waals surface area contributed by atoms with Crippen LogP contribution in [0.3, 0.4) is 0 Å². The Hall–Kier alpha value is -2.00. The number of pyridine rings is 1. The summed E-state index contributed by atoms with van der Waals surface area (Å²) in [6.45, 7) is 0. The highest BCUT2D eigenvalue weighted by molar-refractivity contribution is 7.90. The lowest BCUT2D eigenvalue weighted by Gasteiger charge is -2.04. The predicted octanol–water partition coefficient (Wildman–Crippen LogP) is 0.705. The fraction of sp³-hybridized carbons (Fsp3) is 0.182. The molecule has 0 radical (unpaired) electrons. The Balaban J connectivity index is 2.01. The molecule has 2 aromatic heterocycles. The normalized spacial score (nSPS) is 11.2. The second-order valence-electron chi connectivity index (χ2n) is 4.06. The molecule has 9 heteroatoms. The maximum Gasteiger partial charge on any atom is 0.230 e. The number of nitrogens with two attached hydrogens (primary N) is 1. The highest BCUT2D eigenvalue weighted by Crippen LogP contribution is 2.13. The van der Waals surface area contributed by atoms with Crippen LogP contribution in [-0.4, -0.2) is 30.5 Å². The summed E-state index contributed by atoms with van der Waals surface area (Å²) in [6, 6.07) is 2.82. The Morgan fingerprint density at radius 1 is 1.45 bits per heavy atom.